The molecule has 1 rings (SSSR count). The summed E-state index contributed by atoms with van der Waals surface area (Å²) >= 11 is 1.77. The number of hydrogen-bond donors (Lipinski definition) is 1. The molecule has 0 bridgehead atoms. The molecular formula is C12H19NO2S. The lowest BCUT2D eigenvalue weighted by Gasteiger charge is -2.07. The van der Waals surface area contributed by atoms with Crippen LogP contribution < -0.4 is 10.5 Å². The van der Waals surface area contributed by atoms with Crippen LogP contribution in [0.25, 0.3) is 0 Å². The molecule has 1 aromatic rings. The predicted molar refractivity (Wildman–Crippen MR) is 69.2 cm³/mol. The van der Waals surface area contributed by atoms with E-state index in [1.54, 1.807) is 26.0 Å². The standard InChI is InChI=1S/C12H19NO2S/c1-14-7-3-4-8-16-12-9-10(15-2)5-6-11(12)13/h5-6,9H,3-4,7-8,13H2,1-2H3. The maximum Gasteiger partial charge on any atom is 0.120 e. The number of benzene rings is 1. The zero-order valence-electron chi connectivity index (χ0n) is 9.86. The van der Waals surface area contributed by atoms with Gasteiger partial charge in [0.25, 0.3) is 0 Å². The van der Waals surface area contributed by atoms with Crippen LogP contribution in [0.4, 0.5) is 5.69 Å². The predicted octanol–water partition coefficient (Wildman–Crippen LogP) is 2.80. The Kier molecular flexibility index (Phi) is 6.11. The second kappa shape index (κ2) is 7.41. The number of hydrogen-bond acceptors (Lipinski definition) is 4. The van der Waals surface area contributed by atoms with Crippen LogP contribution in [0.1, 0.15) is 12.8 Å². The highest BCUT2D eigenvalue weighted by atomic mass is 32.2. The summed E-state index contributed by atoms with van der Waals surface area (Å²) in [4.78, 5) is 1.09. The fourth-order valence-electron chi connectivity index (χ4n) is 1.30. The lowest BCUT2D eigenvalue weighted by molar-refractivity contribution is 0.194. The van der Waals surface area contributed by atoms with Crippen molar-refractivity contribution in [1.82, 2.24) is 0 Å². The van der Waals surface area contributed by atoms with E-state index in [4.69, 9.17) is 15.2 Å². The van der Waals surface area contributed by atoms with Gasteiger partial charge in [-0.3, -0.25) is 0 Å². The van der Waals surface area contributed by atoms with Gasteiger partial charge >= 0.3 is 0 Å². The van der Waals surface area contributed by atoms with Gasteiger partial charge in [-0.15, -0.1) is 11.8 Å². The van der Waals surface area contributed by atoms with Crippen LogP contribution in [-0.4, -0.2) is 26.6 Å². The highest BCUT2D eigenvalue weighted by Crippen LogP contribution is 2.29. The molecule has 0 unspecified atom stereocenters. The number of unbranched alkanes of at least 4 members (excludes halogenated alkanes) is 1. The molecule has 0 aliphatic carbocycles. The third-order valence-corrected chi connectivity index (χ3v) is 3.38. The molecule has 2 N–H and O–H groups in total. The first-order valence-electron chi connectivity index (χ1n) is 5.33. The Morgan fingerprint density at radius 2 is 2.06 bits per heavy atom. The Bertz CT molecular complexity index is 318. The normalized spacial score (nSPS) is 10.4. The number of thioether (sulfide) groups is 1. The van der Waals surface area contributed by atoms with Crippen molar-refractivity contribution in [3.05, 3.63) is 18.2 Å². The summed E-state index contributed by atoms with van der Waals surface area (Å²) in [6.07, 6.45) is 2.22. The minimum absolute atomic E-state index is 0.817. The zero-order chi connectivity index (χ0) is 11.8. The van der Waals surface area contributed by atoms with Crippen LogP contribution in [0.3, 0.4) is 0 Å². The summed E-state index contributed by atoms with van der Waals surface area (Å²) in [6, 6.07) is 5.75. The number of methoxy groups -OCH3 is 2. The average Bonchev–Trinajstić information content (AvgIpc) is 2.31. The zero-order valence-corrected chi connectivity index (χ0v) is 10.7. The van der Waals surface area contributed by atoms with Crippen molar-refractivity contribution >= 4 is 17.4 Å². The van der Waals surface area contributed by atoms with Crippen LogP contribution in [0.5, 0.6) is 5.75 Å². The largest absolute Gasteiger partial charge is 0.497 e. The minimum atomic E-state index is 0.817. The molecule has 4 heteroatoms. The van der Waals surface area contributed by atoms with Gasteiger partial charge in [0, 0.05) is 24.3 Å². The number of anilines is 1. The summed E-state index contributed by atoms with van der Waals surface area (Å²) in [6.45, 7) is 0.828. The van der Waals surface area contributed by atoms with Gasteiger partial charge in [-0.25, -0.2) is 0 Å². The Labute approximate surface area is 101 Å². The highest BCUT2D eigenvalue weighted by molar-refractivity contribution is 7.99. The van der Waals surface area contributed by atoms with E-state index in [0.717, 1.165) is 41.5 Å². The number of nitrogen functional groups attached to an aromatic ring is 1. The molecule has 0 saturated heterocycles. The van der Waals surface area contributed by atoms with Gasteiger partial charge in [-0.05, 0) is 36.8 Å². The van der Waals surface area contributed by atoms with E-state index in [-0.39, 0.29) is 0 Å². The smallest absolute Gasteiger partial charge is 0.120 e. The van der Waals surface area contributed by atoms with Gasteiger partial charge in [-0.2, -0.15) is 0 Å². The van der Waals surface area contributed by atoms with Crippen LogP contribution in [0, 0.1) is 0 Å². The molecule has 90 valence electrons. The molecule has 0 radical (unpaired) electrons. The van der Waals surface area contributed by atoms with Crippen molar-refractivity contribution in [3.63, 3.8) is 0 Å². The van der Waals surface area contributed by atoms with E-state index in [1.807, 2.05) is 18.2 Å². The lowest BCUT2D eigenvalue weighted by Crippen LogP contribution is -1.93. The number of rotatable bonds is 7. The van der Waals surface area contributed by atoms with E-state index >= 15 is 0 Å². The molecule has 0 atom stereocenters. The van der Waals surface area contributed by atoms with Crippen molar-refractivity contribution in [2.75, 3.05) is 32.3 Å². The SMILES string of the molecule is COCCCCSc1cc(OC)ccc1N. The van der Waals surface area contributed by atoms with Crippen LogP contribution >= 0.6 is 11.8 Å². The molecule has 0 saturated carbocycles. The van der Waals surface area contributed by atoms with Crippen molar-refractivity contribution < 1.29 is 9.47 Å². The number of nitrogens with two attached hydrogens (primary N) is 1. The van der Waals surface area contributed by atoms with Gasteiger partial charge < -0.3 is 15.2 Å². The lowest BCUT2D eigenvalue weighted by atomic mass is 10.3. The molecule has 0 aliphatic heterocycles. The van der Waals surface area contributed by atoms with E-state index in [0.29, 0.717) is 0 Å². The fourth-order valence-corrected chi connectivity index (χ4v) is 2.30. The molecule has 0 heterocycles. The maximum absolute atomic E-state index is 5.88. The van der Waals surface area contributed by atoms with Gasteiger partial charge in [0.1, 0.15) is 5.75 Å². The molecule has 3 nitrogen and oxygen atoms in total. The maximum atomic E-state index is 5.88. The van der Waals surface area contributed by atoms with Gasteiger partial charge in [-0.1, -0.05) is 0 Å². The van der Waals surface area contributed by atoms with E-state index in [9.17, 15) is 0 Å². The highest BCUT2D eigenvalue weighted by Gasteiger charge is 2.02. The molecule has 0 aromatic heterocycles. The molecular weight excluding hydrogens is 222 g/mol. The average molecular weight is 241 g/mol. The topological polar surface area (TPSA) is 44.5 Å². The Morgan fingerprint density at radius 3 is 2.75 bits per heavy atom. The monoisotopic (exact) mass is 241 g/mol. The van der Waals surface area contributed by atoms with E-state index in [2.05, 4.69) is 0 Å². The summed E-state index contributed by atoms with van der Waals surface area (Å²) in [5, 5.41) is 0. The summed E-state index contributed by atoms with van der Waals surface area (Å²) in [7, 11) is 3.39. The van der Waals surface area contributed by atoms with Crippen LogP contribution in [0.15, 0.2) is 23.1 Å². The van der Waals surface area contributed by atoms with E-state index in [1.165, 1.54) is 0 Å². The summed E-state index contributed by atoms with van der Waals surface area (Å²) < 4.78 is 10.2. The first-order chi connectivity index (χ1) is 7.77. The molecule has 0 fully saturated rings. The first kappa shape index (κ1) is 13.2. The minimum Gasteiger partial charge on any atom is -0.497 e. The van der Waals surface area contributed by atoms with Crippen LogP contribution in [0.2, 0.25) is 0 Å². The Hall–Kier alpha value is -0.870. The van der Waals surface area contributed by atoms with Crippen molar-refractivity contribution in [1.29, 1.82) is 0 Å². The van der Waals surface area contributed by atoms with Crippen molar-refractivity contribution in [3.8, 4) is 5.75 Å². The van der Waals surface area contributed by atoms with E-state index < -0.39 is 0 Å². The molecule has 0 amide bonds. The molecule has 16 heavy (non-hydrogen) atoms. The number of ether oxygens (including phenoxy) is 2. The van der Waals surface area contributed by atoms with Gasteiger partial charge in [0.05, 0.1) is 7.11 Å². The van der Waals surface area contributed by atoms with Crippen molar-refractivity contribution in [2.45, 2.75) is 17.7 Å². The fraction of sp³-hybridized carbons (Fsp3) is 0.500. The summed E-state index contributed by atoms with van der Waals surface area (Å²) in [5.74, 6) is 1.91. The van der Waals surface area contributed by atoms with Crippen molar-refractivity contribution in [2.24, 2.45) is 0 Å². The Morgan fingerprint density at radius 1 is 1.25 bits per heavy atom. The first-order valence-corrected chi connectivity index (χ1v) is 6.31. The quantitative estimate of drug-likeness (QED) is 0.453. The summed E-state index contributed by atoms with van der Waals surface area (Å²) in [5.41, 5.74) is 6.70. The second-order valence-electron chi connectivity index (χ2n) is 3.45. The molecule has 1 aromatic carbocycles. The van der Waals surface area contributed by atoms with Gasteiger partial charge in [0.15, 0.2) is 0 Å². The third-order valence-electron chi connectivity index (χ3n) is 2.22. The Balaban J connectivity index is 2.40. The van der Waals surface area contributed by atoms with Gasteiger partial charge in [0.2, 0.25) is 0 Å². The van der Waals surface area contributed by atoms with Crippen LogP contribution in [-0.2, 0) is 4.74 Å². The third kappa shape index (κ3) is 4.33. The second-order valence-corrected chi connectivity index (χ2v) is 4.59. The molecule has 0 aliphatic rings. The molecule has 0 spiro atoms.